The zero-order chi connectivity index (χ0) is 7.98. The molecule has 0 unspecified atom stereocenters. The first-order chi connectivity index (χ1) is 4.76. The maximum Gasteiger partial charge on any atom is 0.0459 e. The molecule has 10 heavy (non-hydrogen) atoms. The van der Waals surface area contributed by atoms with Gasteiger partial charge in [0, 0.05) is 6.54 Å². The second-order valence-electron chi connectivity index (χ2n) is 1.57. The summed E-state index contributed by atoms with van der Waals surface area (Å²) >= 11 is 0. The molecule has 7 heteroatoms. The highest BCUT2D eigenvalue weighted by molar-refractivity contribution is 4.28. The molecule has 0 aliphatic carbocycles. The van der Waals surface area contributed by atoms with E-state index in [-0.39, 0.29) is 5.28 Å². The largest absolute Gasteiger partial charge is 0.298 e. The lowest BCUT2D eigenvalue weighted by Gasteiger charge is -2.22. The van der Waals surface area contributed by atoms with Gasteiger partial charge in [-0.3, -0.25) is 10.4 Å². The van der Waals surface area contributed by atoms with Gasteiger partial charge in [-0.05, 0) is 11.7 Å². The first kappa shape index (κ1) is 9.72. The summed E-state index contributed by atoms with van der Waals surface area (Å²) in [7, 11) is 0. The van der Waals surface area contributed by atoms with Crippen LogP contribution in [0.1, 0.15) is 13.3 Å². The van der Waals surface area contributed by atoms with Gasteiger partial charge in [-0.2, -0.15) is 10.8 Å². The van der Waals surface area contributed by atoms with Crippen LogP contribution < -0.4 is 11.5 Å². The third kappa shape index (κ3) is 3.03. The molecule has 0 fully saturated rings. The van der Waals surface area contributed by atoms with Crippen LogP contribution in [0, 0.1) is 0 Å². The molecule has 7 nitrogen and oxygen atoms in total. The van der Waals surface area contributed by atoms with E-state index in [4.69, 9.17) is 16.3 Å². The van der Waals surface area contributed by atoms with Gasteiger partial charge in [0.25, 0.3) is 0 Å². The van der Waals surface area contributed by atoms with Crippen molar-refractivity contribution in [3.05, 3.63) is 0 Å². The smallest absolute Gasteiger partial charge is 0.0459 e. The molecule has 0 aromatic carbocycles. The van der Waals surface area contributed by atoms with Gasteiger partial charge in [0.15, 0.2) is 0 Å². The number of rotatable bonds is 5. The first-order valence-corrected chi connectivity index (χ1v) is 2.79. The predicted octanol–water partition coefficient (Wildman–Crippen LogP) is -0.996. The predicted molar refractivity (Wildman–Crippen MR) is 30.8 cm³/mol. The van der Waals surface area contributed by atoms with Gasteiger partial charge in [0.2, 0.25) is 0 Å². The molecule has 0 saturated carbocycles. The zero-order valence-electron chi connectivity index (χ0n) is 5.69. The molecule has 0 atom stereocenters. The zero-order valence-corrected chi connectivity index (χ0v) is 5.69. The molecule has 0 aliphatic heterocycles. The van der Waals surface area contributed by atoms with Gasteiger partial charge in [-0.25, -0.2) is 0 Å². The summed E-state index contributed by atoms with van der Waals surface area (Å²) < 4.78 is 0. The van der Waals surface area contributed by atoms with Crippen LogP contribution in [-0.4, -0.2) is 27.4 Å². The van der Waals surface area contributed by atoms with Gasteiger partial charge in [0.05, 0.1) is 0 Å². The van der Waals surface area contributed by atoms with Crippen LogP contribution in [0.2, 0.25) is 0 Å². The number of nitrogens with zero attached hydrogens (tertiary/aromatic N) is 2. The van der Waals surface area contributed by atoms with Gasteiger partial charge in [0.1, 0.15) is 0 Å². The SMILES string of the molecule is CCCN(ON)N(O)NO. The van der Waals surface area contributed by atoms with Crippen LogP contribution >= 0.6 is 0 Å². The Kier molecular flexibility index (Phi) is 5.35. The van der Waals surface area contributed by atoms with Crippen molar-refractivity contribution in [3.63, 3.8) is 0 Å². The number of hydrazine groups is 2. The molecular formula is C3H12N4O3. The molecule has 0 rings (SSSR count). The summed E-state index contributed by atoms with van der Waals surface area (Å²) in [5, 5.41) is 17.8. The van der Waals surface area contributed by atoms with Crippen molar-refractivity contribution in [2.24, 2.45) is 5.90 Å². The highest BCUT2D eigenvalue weighted by Gasteiger charge is 2.09. The summed E-state index contributed by atoms with van der Waals surface area (Å²) in [5.41, 5.74) is 1.41. The van der Waals surface area contributed by atoms with E-state index in [2.05, 4.69) is 4.94 Å². The van der Waals surface area contributed by atoms with Crippen LogP contribution in [0.3, 0.4) is 0 Å². The molecule has 0 bridgehead atoms. The first-order valence-electron chi connectivity index (χ1n) is 2.79. The Bertz CT molecular complexity index is 82.1. The maximum absolute atomic E-state index is 8.64. The number of hydrogen-bond donors (Lipinski definition) is 4. The lowest BCUT2D eigenvalue weighted by molar-refractivity contribution is -0.441. The lowest BCUT2D eigenvalue weighted by atomic mass is 10.5. The van der Waals surface area contributed by atoms with Crippen molar-refractivity contribution in [3.8, 4) is 0 Å². The second-order valence-corrected chi connectivity index (χ2v) is 1.57. The summed E-state index contributed by atoms with van der Waals surface area (Å²) in [6.07, 6.45) is 0.718. The van der Waals surface area contributed by atoms with E-state index < -0.39 is 0 Å². The summed E-state index contributed by atoms with van der Waals surface area (Å²) in [6.45, 7) is 2.22. The molecule has 0 radical (unpaired) electrons. The van der Waals surface area contributed by atoms with Gasteiger partial charge in [-0.1, -0.05) is 17.7 Å². The molecule has 0 aromatic rings. The van der Waals surface area contributed by atoms with Crippen molar-refractivity contribution in [1.82, 2.24) is 16.0 Å². The Hall–Kier alpha value is -0.280. The monoisotopic (exact) mass is 152 g/mol. The Morgan fingerprint density at radius 1 is 1.70 bits per heavy atom. The fourth-order valence-corrected chi connectivity index (χ4v) is 0.433. The molecule has 0 amide bonds. The topological polar surface area (TPSA) is 94.2 Å². The van der Waals surface area contributed by atoms with Crippen LogP contribution in [0.5, 0.6) is 0 Å². The Morgan fingerprint density at radius 2 is 2.30 bits per heavy atom. The number of hydroxylamine groups is 1. The van der Waals surface area contributed by atoms with E-state index in [1.165, 1.54) is 5.59 Å². The van der Waals surface area contributed by atoms with E-state index >= 15 is 0 Å². The normalized spacial score (nSPS) is 11.4. The Morgan fingerprint density at radius 3 is 2.60 bits per heavy atom. The van der Waals surface area contributed by atoms with E-state index in [9.17, 15) is 0 Å². The molecule has 0 saturated heterocycles. The molecule has 0 spiro atoms. The molecule has 62 valence electrons. The van der Waals surface area contributed by atoms with Crippen molar-refractivity contribution in [2.45, 2.75) is 13.3 Å². The van der Waals surface area contributed by atoms with E-state index in [1.54, 1.807) is 0 Å². The number of hydrogen-bond acceptors (Lipinski definition) is 7. The minimum atomic E-state index is 0.226. The fraction of sp³-hybridized carbons (Fsp3) is 1.00. The minimum Gasteiger partial charge on any atom is -0.298 e. The Labute approximate surface area is 58.3 Å². The van der Waals surface area contributed by atoms with Gasteiger partial charge < -0.3 is 0 Å². The molecule has 0 aliphatic rings. The highest BCUT2D eigenvalue weighted by atomic mass is 16.9. The van der Waals surface area contributed by atoms with Crippen molar-refractivity contribution in [1.29, 1.82) is 0 Å². The average molecular weight is 152 g/mol. The second kappa shape index (κ2) is 5.50. The van der Waals surface area contributed by atoms with Crippen LogP contribution in [0.4, 0.5) is 0 Å². The van der Waals surface area contributed by atoms with E-state index in [1.807, 2.05) is 6.92 Å². The standard InChI is InChI=1S/C3H12N4O3/c1-2-3-6(10-4)7(9)5-8/h5,8-9H,2-4H2,1H3. The highest BCUT2D eigenvalue weighted by Crippen LogP contribution is 1.89. The summed E-state index contributed by atoms with van der Waals surface area (Å²) in [6, 6.07) is 0. The molecule has 5 N–H and O–H groups in total. The van der Waals surface area contributed by atoms with Crippen molar-refractivity contribution < 1.29 is 15.4 Å². The lowest BCUT2D eigenvalue weighted by Crippen LogP contribution is -2.48. The van der Waals surface area contributed by atoms with E-state index in [0.717, 1.165) is 11.6 Å². The van der Waals surface area contributed by atoms with Gasteiger partial charge in [-0.15, -0.1) is 0 Å². The third-order valence-electron chi connectivity index (χ3n) is 0.837. The fourth-order valence-electron chi connectivity index (χ4n) is 0.433. The van der Waals surface area contributed by atoms with Crippen molar-refractivity contribution in [2.75, 3.05) is 6.54 Å². The molecule has 0 aromatic heterocycles. The van der Waals surface area contributed by atoms with Gasteiger partial charge >= 0.3 is 0 Å². The molecule has 0 heterocycles. The Balaban J connectivity index is 3.56. The quantitative estimate of drug-likeness (QED) is 0.375. The average Bonchev–Trinajstić information content (AvgIpc) is 1.99. The van der Waals surface area contributed by atoms with Crippen molar-refractivity contribution >= 4 is 0 Å². The number of nitrogens with two attached hydrogens (primary N) is 1. The third-order valence-corrected chi connectivity index (χ3v) is 0.837. The van der Waals surface area contributed by atoms with Crippen LogP contribution in [-0.2, 0) is 4.94 Å². The minimum absolute atomic E-state index is 0.226. The van der Waals surface area contributed by atoms with Crippen LogP contribution in [0.15, 0.2) is 0 Å². The molecular weight excluding hydrogens is 140 g/mol. The van der Waals surface area contributed by atoms with Crippen LogP contribution in [0.25, 0.3) is 0 Å². The maximum atomic E-state index is 8.64. The number of nitrogens with one attached hydrogen (secondary N) is 1. The summed E-state index contributed by atoms with van der Waals surface area (Å²) in [5.74, 6) is 4.71. The van der Waals surface area contributed by atoms with E-state index in [0.29, 0.717) is 6.54 Å². The summed E-state index contributed by atoms with van der Waals surface area (Å²) in [4.78, 5) is 4.13.